The van der Waals surface area contributed by atoms with Crippen molar-refractivity contribution in [3.63, 3.8) is 0 Å². The average Bonchev–Trinajstić information content (AvgIpc) is 3.01. The summed E-state index contributed by atoms with van der Waals surface area (Å²) in [6, 6.07) is -0.883. The standard InChI is InChI=1S/C9H16N2O4S/c12-9(13)8-3-1-2-6-11(8)16(14,15)10-7-4-5-7/h7-8,10H,1-6H2,(H,12,13). The first-order valence-corrected chi connectivity index (χ1v) is 6.96. The van der Waals surface area contributed by atoms with Crippen LogP contribution in [0.15, 0.2) is 0 Å². The average molecular weight is 248 g/mol. The van der Waals surface area contributed by atoms with Crippen LogP contribution in [0.25, 0.3) is 0 Å². The van der Waals surface area contributed by atoms with Crippen LogP contribution in [0, 0.1) is 0 Å². The summed E-state index contributed by atoms with van der Waals surface area (Å²) in [7, 11) is -3.61. The Hall–Kier alpha value is -0.660. The first kappa shape index (κ1) is 11.8. The molecule has 1 saturated heterocycles. The second-order valence-electron chi connectivity index (χ2n) is 4.36. The summed E-state index contributed by atoms with van der Waals surface area (Å²) < 4.78 is 27.4. The highest BCUT2D eigenvalue weighted by Crippen LogP contribution is 2.24. The molecule has 1 saturated carbocycles. The maximum absolute atomic E-state index is 11.9. The smallest absolute Gasteiger partial charge is 0.322 e. The van der Waals surface area contributed by atoms with Gasteiger partial charge < -0.3 is 5.11 Å². The Morgan fingerprint density at radius 2 is 1.94 bits per heavy atom. The lowest BCUT2D eigenvalue weighted by Crippen LogP contribution is -2.52. The van der Waals surface area contributed by atoms with Crippen LogP contribution < -0.4 is 4.72 Å². The van der Waals surface area contributed by atoms with Crippen LogP contribution in [-0.2, 0) is 15.0 Å². The zero-order chi connectivity index (χ0) is 11.8. The van der Waals surface area contributed by atoms with Crippen LogP contribution in [0.2, 0.25) is 0 Å². The van der Waals surface area contributed by atoms with E-state index in [1.165, 1.54) is 0 Å². The Kier molecular flexibility index (Phi) is 3.18. The fourth-order valence-corrected chi connectivity index (χ4v) is 3.61. The summed E-state index contributed by atoms with van der Waals surface area (Å²) in [6.45, 7) is 0.305. The van der Waals surface area contributed by atoms with E-state index in [1.807, 2.05) is 0 Å². The lowest BCUT2D eigenvalue weighted by molar-refractivity contribution is -0.142. The number of piperidine rings is 1. The Bertz CT molecular complexity index is 377. The molecule has 0 aromatic carbocycles. The molecule has 0 radical (unpaired) electrons. The molecule has 0 aromatic rings. The Morgan fingerprint density at radius 1 is 1.25 bits per heavy atom. The summed E-state index contributed by atoms with van der Waals surface area (Å²) in [5.74, 6) is -1.05. The minimum Gasteiger partial charge on any atom is -0.480 e. The lowest BCUT2D eigenvalue weighted by Gasteiger charge is -2.31. The van der Waals surface area contributed by atoms with E-state index >= 15 is 0 Å². The van der Waals surface area contributed by atoms with E-state index in [2.05, 4.69) is 4.72 Å². The third-order valence-electron chi connectivity index (χ3n) is 2.94. The second-order valence-corrected chi connectivity index (χ2v) is 6.01. The van der Waals surface area contributed by atoms with Crippen molar-refractivity contribution in [1.29, 1.82) is 0 Å². The minimum atomic E-state index is -3.61. The van der Waals surface area contributed by atoms with Gasteiger partial charge in [0.2, 0.25) is 0 Å². The zero-order valence-corrected chi connectivity index (χ0v) is 9.74. The number of nitrogens with one attached hydrogen (secondary N) is 1. The molecule has 0 spiro atoms. The van der Waals surface area contributed by atoms with Crippen LogP contribution >= 0.6 is 0 Å². The van der Waals surface area contributed by atoms with Crippen molar-refractivity contribution in [2.75, 3.05) is 6.54 Å². The van der Waals surface area contributed by atoms with Gasteiger partial charge in [0.15, 0.2) is 0 Å². The number of hydrogen-bond acceptors (Lipinski definition) is 3. The molecule has 2 fully saturated rings. The van der Waals surface area contributed by atoms with Crippen molar-refractivity contribution >= 4 is 16.2 Å². The molecule has 1 atom stereocenters. The van der Waals surface area contributed by atoms with Crippen LogP contribution in [0.5, 0.6) is 0 Å². The highest BCUT2D eigenvalue weighted by Gasteiger charge is 2.39. The second kappa shape index (κ2) is 4.31. The van der Waals surface area contributed by atoms with Gasteiger partial charge in [0.25, 0.3) is 10.2 Å². The molecule has 1 heterocycles. The third-order valence-corrected chi connectivity index (χ3v) is 4.63. The van der Waals surface area contributed by atoms with E-state index in [1.54, 1.807) is 0 Å². The van der Waals surface area contributed by atoms with Gasteiger partial charge in [0, 0.05) is 12.6 Å². The van der Waals surface area contributed by atoms with Gasteiger partial charge in [-0.3, -0.25) is 4.79 Å². The van der Waals surface area contributed by atoms with Crippen LogP contribution in [-0.4, -0.2) is 42.4 Å². The zero-order valence-electron chi connectivity index (χ0n) is 8.92. The first-order chi connectivity index (χ1) is 7.50. The molecule has 16 heavy (non-hydrogen) atoms. The molecule has 2 N–H and O–H groups in total. The normalized spacial score (nSPS) is 27.9. The number of hydrogen-bond donors (Lipinski definition) is 2. The molecule has 7 heteroatoms. The van der Waals surface area contributed by atoms with E-state index in [0.717, 1.165) is 30.0 Å². The predicted octanol–water partition coefficient (Wildman–Crippen LogP) is -0.0777. The minimum absolute atomic E-state index is 0.0152. The van der Waals surface area contributed by atoms with Gasteiger partial charge in [-0.1, -0.05) is 0 Å². The molecule has 1 aliphatic carbocycles. The fourth-order valence-electron chi connectivity index (χ4n) is 1.92. The fraction of sp³-hybridized carbons (Fsp3) is 0.889. The summed E-state index contributed by atoms with van der Waals surface area (Å²) in [6.07, 6.45) is 3.61. The van der Waals surface area contributed by atoms with Gasteiger partial charge in [-0.15, -0.1) is 0 Å². The van der Waals surface area contributed by atoms with Crippen LogP contribution in [0.4, 0.5) is 0 Å². The van der Waals surface area contributed by atoms with Crippen molar-refractivity contribution in [2.45, 2.75) is 44.2 Å². The van der Waals surface area contributed by atoms with Gasteiger partial charge in [-0.05, 0) is 32.1 Å². The quantitative estimate of drug-likeness (QED) is 0.728. The highest BCUT2D eigenvalue weighted by molar-refractivity contribution is 7.87. The summed E-state index contributed by atoms with van der Waals surface area (Å²) in [4.78, 5) is 11.0. The number of aliphatic carboxylic acids is 1. The molecule has 0 bridgehead atoms. The molecule has 6 nitrogen and oxygen atoms in total. The van der Waals surface area contributed by atoms with Gasteiger partial charge in [-0.25, -0.2) is 0 Å². The molecule has 0 amide bonds. The maximum atomic E-state index is 11.9. The van der Waals surface area contributed by atoms with E-state index < -0.39 is 22.2 Å². The van der Waals surface area contributed by atoms with Crippen LogP contribution in [0.1, 0.15) is 32.1 Å². The highest BCUT2D eigenvalue weighted by atomic mass is 32.2. The lowest BCUT2D eigenvalue weighted by atomic mass is 10.1. The van der Waals surface area contributed by atoms with Gasteiger partial charge in [0.1, 0.15) is 6.04 Å². The van der Waals surface area contributed by atoms with Crippen molar-refractivity contribution in [1.82, 2.24) is 9.03 Å². The van der Waals surface area contributed by atoms with Crippen molar-refractivity contribution in [3.8, 4) is 0 Å². The van der Waals surface area contributed by atoms with Gasteiger partial charge >= 0.3 is 5.97 Å². The topological polar surface area (TPSA) is 86.7 Å². The number of rotatable bonds is 4. The Balaban J connectivity index is 2.11. The molecule has 2 rings (SSSR count). The molecule has 1 unspecified atom stereocenters. The predicted molar refractivity (Wildman–Crippen MR) is 57.1 cm³/mol. The van der Waals surface area contributed by atoms with E-state index in [0.29, 0.717) is 13.0 Å². The number of carbonyl (C=O) groups is 1. The van der Waals surface area contributed by atoms with Crippen molar-refractivity contribution in [2.24, 2.45) is 0 Å². The van der Waals surface area contributed by atoms with Crippen molar-refractivity contribution < 1.29 is 18.3 Å². The molecule has 2 aliphatic rings. The molecule has 0 aromatic heterocycles. The molecular weight excluding hydrogens is 232 g/mol. The molecule has 1 aliphatic heterocycles. The van der Waals surface area contributed by atoms with Crippen LogP contribution in [0.3, 0.4) is 0 Å². The van der Waals surface area contributed by atoms with E-state index in [-0.39, 0.29) is 6.04 Å². The SMILES string of the molecule is O=C(O)C1CCCCN1S(=O)(=O)NC1CC1. The summed E-state index contributed by atoms with van der Waals surface area (Å²) in [5.41, 5.74) is 0. The molecular formula is C9H16N2O4S. The molecule has 92 valence electrons. The third kappa shape index (κ3) is 2.53. The number of carboxylic acid groups (broad SMARTS) is 1. The van der Waals surface area contributed by atoms with E-state index in [9.17, 15) is 13.2 Å². The number of carboxylic acids is 1. The first-order valence-electron chi connectivity index (χ1n) is 5.52. The summed E-state index contributed by atoms with van der Waals surface area (Å²) >= 11 is 0. The monoisotopic (exact) mass is 248 g/mol. The van der Waals surface area contributed by atoms with Gasteiger partial charge in [0.05, 0.1) is 0 Å². The van der Waals surface area contributed by atoms with E-state index in [4.69, 9.17) is 5.11 Å². The summed E-state index contributed by atoms with van der Waals surface area (Å²) in [5, 5.41) is 8.99. The largest absolute Gasteiger partial charge is 0.480 e. The van der Waals surface area contributed by atoms with Crippen molar-refractivity contribution in [3.05, 3.63) is 0 Å². The number of nitrogens with zero attached hydrogens (tertiary/aromatic N) is 1. The van der Waals surface area contributed by atoms with Gasteiger partial charge in [-0.2, -0.15) is 17.4 Å². The maximum Gasteiger partial charge on any atom is 0.322 e. The Labute approximate surface area is 94.8 Å². The Morgan fingerprint density at radius 3 is 2.50 bits per heavy atom.